The number of ether oxygens (including phenoxy) is 1. The Hall–Kier alpha value is -2.37. The van der Waals surface area contributed by atoms with E-state index in [1.807, 2.05) is 41.8 Å². The topological polar surface area (TPSA) is 60.2 Å². The van der Waals surface area contributed by atoms with Crippen LogP contribution in [-0.2, 0) is 31.4 Å². The highest BCUT2D eigenvalue weighted by Crippen LogP contribution is 2.29. The lowest BCUT2D eigenvalue weighted by Crippen LogP contribution is -2.37. The van der Waals surface area contributed by atoms with E-state index in [0.717, 1.165) is 29.9 Å². The molecule has 1 fully saturated rings. The normalized spacial score (nSPS) is 17.4. The van der Waals surface area contributed by atoms with E-state index in [1.54, 1.807) is 0 Å². The molecule has 2 aromatic heterocycles. The molecule has 0 N–H and O–H groups in total. The number of nitrogens with zero attached hydrogens (tertiary/aromatic N) is 4. The van der Waals surface area contributed by atoms with Crippen molar-refractivity contribution in [1.29, 1.82) is 0 Å². The Bertz CT molecular complexity index is 839. The maximum atomic E-state index is 12.9. The van der Waals surface area contributed by atoms with Crippen LogP contribution in [0.25, 0.3) is 0 Å². The third kappa shape index (κ3) is 4.21. The minimum Gasteiger partial charge on any atom is -0.471 e. The van der Waals surface area contributed by atoms with Crippen LogP contribution in [0.5, 0.6) is 5.88 Å². The van der Waals surface area contributed by atoms with Gasteiger partial charge in [-0.1, -0.05) is 25.3 Å². The van der Waals surface area contributed by atoms with E-state index in [2.05, 4.69) is 10.1 Å². The Morgan fingerprint density at radius 3 is 2.86 bits per heavy atom. The molecule has 150 valence electrons. The molecule has 0 radical (unpaired) electrons. The van der Waals surface area contributed by atoms with Crippen molar-refractivity contribution >= 4 is 5.91 Å². The monoisotopic (exact) mass is 382 g/mol. The van der Waals surface area contributed by atoms with Gasteiger partial charge in [0, 0.05) is 56.0 Å². The lowest BCUT2D eigenvalue weighted by molar-refractivity contribution is -0.133. The van der Waals surface area contributed by atoms with Gasteiger partial charge in [-0.15, -0.1) is 0 Å². The molecular formula is C22H30N4O2. The molecule has 2 aromatic rings. The molecule has 1 amide bonds. The highest BCUT2D eigenvalue weighted by Gasteiger charge is 2.28. The first kappa shape index (κ1) is 19.0. The molecule has 1 saturated carbocycles. The van der Waals surface area contributed by atoms with Crippen LogP contribution in [0, 0.1) is 12.8 Å². The second kappa shape index (κ2) is 8.33. The number of hydrogen-bond donors (Lipinski definition) is 0. The van der Waals surface area contributed by atoms with Crippen molar-refractivity contribution in [3.8, 4) is 5.88 Å². The Kier molecular flexibility index (Phi) is 5.64. The number of carbonyl (C=O) groups is 1. The molecule has 1 aliphatic carbocycles. The molecule has 1 aliphatic heterocycles. The van der Waals surface area contributed by atoms with E-state index < -0.39 is 0 Å². The van der Waals surface area contributed by atoms with Crippen molar-refractivity contribution in [2.45, 2.75) is 65.0 Å². The van der Waals surface area contributed by atoms with Gasteiger partial charge in [-0.2, -0.15) is 5.10 Å². The zero-order valence-corrected chi connectivity index (χ0v) is 17.0. The second-order valence-corrected chi connectivity index (χ2v) is 8.17. The van der Waals surface area contributed by atoms with Crippen molar-refractivity contribution < 1.29 is 9.53 Å². The van der Waals surface area contributed by atoms with Crippen LogP contribution >= 0.6 is 0 Å². The average Bonchev–Trinajstić information content (AvgIpc) is 3.02. The third-order valence-corrected chi connectivity index (χ3v) is 6.09. The van der Waals surface area contributed by atoms with Gasteiger partial charge in [0.05, 0.1) is 0 Å². The lowest BCUT2D eigenvalue weighted by Gasteiger charge is -2.30. The molecule has 0 aromatic carbocycles. The van der Waals surface area contributed by atoms with Crippen LogP contribution < -0.4 is 4.74 Å². The molecule has 3 heterocycles. The van der Waals surface area contributed by atoms with Gasteiger partial charge < -0.3 is 9.64 Å². The zero-order chi connectivity index (χ0) is 19.5. The Balaban J connectivity index is 1.42. The van der Waals surface area contributed by atoms with Crippen molar-refractivity contribution in [2.24, 2.45) is 13.0 Å². The first-order valence-electron chi connectivity index (χ1n) is 10.5. The van der Waals surface area contributed by atoms with Crippen LogP contribution in [0.2, 0.25) is 0 Å². The Morgan fingerprint density at radius 1 is 1.25 bits per heavy atom. The number of amides is 1. The second-order valence-electron chi connectivity index (χ2n) is 8.17. The van der Waals surface area contributed by atoms with Gasteiger partial charge in [-0.05, 0) is 31.7 Å². The molecule has 0 spiro atoms. The SMILES string of the molecule is Cc1cccc(OCc2nn(C)c3c2CN(C(=O)CC2CCCCC2)CC3)n1. The fraction of sp³-hybridized carbons (Fsp3) is 0.591. The number of rotatable bonds is 5. The summed E-state index contributed by atoms with van der Waals surface area (Å²) >= 11 is 0. The third-order valence-electron chi connectivity index (χ3n) is 6.09. The summed E-state index contributed by atoms with van der Waals surface area (Å²) in [6.07, 6.45) is 7.86. The van der Waals surface area contributed by atoms with E-state index in [1.165, 1.54) is 37.8 Å². The van der Waals surface area contributed by atoms with Gasteiger partial charge in [0.25, 0.3) is 0 Å². The van der Waals surface area contributed by atoms with Crippen LogP contribution in [0.1, 0.15) is 61.2 Å². The molecule has 6 heteroatoms. The molecular weight excluding hydrogens is 352 g/mol. The summed E-state index contributed by atoms with van der Waals surface area (Å²) < 4.78 is 7.82. The summed E-state index contributed by atoms with van der Waals surface area (Å²) in [6, 6.07) is 5.75. The highest BCUT2D eigenvalue weighted by molar-refractivity contribution is 5.76. The standard InChI is InChI=1S/C22H30N4O2/c1-16-7-6-10-21(23-16)28-15-19-18-14-26(12-11-20(18)25(2)24-19)22(27)13-17-8-4-3-5-9-17/h6-7,10,17H,3-5,8-9,11-15H2,1-2H3. The van der Waals surface area contributed by atoms with E-state index in [9.17, 15) is 4.79 Å². The highest BCUT2D eigenvalue weighted by atomic mass is 16.5. The maximum Gasteiger partial charge on any atom is 0.223 e. The first-order valence-corrected chi connectivity index (χ1v) is 10.5. The van der Waals surface area contributed by atoms with Gasteiger partial charge in [0.1, 0.15) is 12.3 Å². The Labute approximate surface area is 166 Å². The molecule has 6 nitrogen and oxygen atoms in total. The number of fused-ring (bicyclic) bond motifs is 1. The van der Waals surface area contributed by atoms with Crippen molar-refractivity contribution in [3.05, 3.63) is 40.8 Å². The average molecular weight is 383 g/mol. The van der Waals surface area contributed by atoms with E-state index >= 15 is 0 Å². The van der Waals surface area contributed by atoms with Crippen LogP contribution in [-0.4, -0.2) is 32.1 Å². The molecule has 4 rings (SSSR count). The van der Waals surface area contributed by atoms with Gasteiger partial charge in [-0.25, -0.2) is 4.98 Å². The summed E-state index contributed by atoms with van der Waals surface area (Å²) in [5.41, 5.74) is 4.21. The minimum atomic E-state index is 0.300. The van der Waals surface area contributed by atoms with Gasteiger partial charge in [0.15, 0.2) is 0 Å². The van der Waals surface area contributed by atoms with E-state index in [-0.39, 0.29) is 0 Å². The quantitative estimate of drug-likeness (QED) is 0.793. The number of hydrogen-bond acceptors (Lipinski definition) is 4. The smallest absolute Gasteiger partial charge is 0.223 e. The predicted octanol–water partition coefficient (Wildman–Crippen LogP) is 3.56. The Morgan fingerprint density at radius 2 is 2.07 bits per heavy atom. The summed E-state index contributed by atoms with van der Waals surface area (Å²) in [7, 11) is 1.98. The number of aromatic nitrogens is 3. The molecule has 0 saturated heterocycles. The fourth-order valence-corrected chi connectivity index (χ4v) is 4.51. The van der Waals surface area contributed by atoms with Gasteiger partial charge in [-0.3, -0.25) is 9.48 Å². The largest absolute Gasteiger partial charge is 0.471 e. The summed E-state index contributed by atoms with van der Waals surface area (Å²) in [5, 5.41) is 4.67. The van der Waals surface area contributed by atoms with Crippen molar-refractivity contribution in [1.82, 2.24) is 19.7 Å². The molecule has 0 bridgehead atoms. The van der Waals surface area contributed by atoms with Crippen LogP contribution in [0.4, 0.5) is 0 Å². The maximum absolute atomic E-state index is 12.9. The molecule has 0 unspecified atom stereocenters. The summed E-state index contributed by atoms with van der Waals surface area (Å²) in [5.74, 6) is 1.49. The fourth-order valence-electron chi connectivity index (χ4n) is 4.51. The van der Waals surface area contributed by atoms with E-state index in [0.29, 0.717) is 37.3 Å². The first-order chi connectivity index (χ1) is 13.6. The molecule has 0 atom stereocenters. The number of pyridine rings is 1. The van der Waals surface area contributed by atoms with Crippen LogP contribution in [0.15, 0.2) is 18.2 Å². The predicted molar refractivity (Wildman–Crippen MR) is 107 cm³/mol. The lowest BCUT2D eigenvalue weighted by atomic mass is 9.86. The summed E-state index contributed by atoms with van der Waals surface area (Å²) in [4.78, 5) is 19.3. The van der Waals surface area contributed by atoms with E-state index in [4.69, 9.17) is 4.74 Å². The van der Waals surface area contributed by atoms with Gasteiger partial charge >= 0.3 is 0 Å². The van der Waals surface area contributed by atoms with Gasteiger partial charge in [0.2, 0.25) is 11.8 Å². The zero-order valence-electron chi connectivity index (χ0n) is 17.0. The van der Waals surface area contributed by atoms with Crippen molar-refractivity contribution in [2.75, 3.05) is 6.54 Å². The summed E-state index contributed by atoms with van der Waals surface area (Å²) in [6.45, 7) is 3.77. The number of aryl methyl sites for hydroxylation is 2. The molecule has 28 heavy (non-hydrogen) atoms. The van der Waals surface area contributed by atoms with Crippen LogP contribution in [0.3, 0.4) is 0 Å². The minimum absolute atomic E-state index is 0.300. The number of carbonyl (C=O) groups excluding carboxylic acids is 1. The molecule has 2 aliphatic rings. The van der Waals surface area contributed by atoms with Crippen molar-refractivity contribution in [3.63, 3.8) is 0 Å².